The summed E-state index contributed by atoms with van der Waals surface area (Å²) in [7, 11) is 0. The number of fused-ring (bicyclic) bond motifs is 2. The number of pyridine rings is 1. The lowest BCUT2D eigenvalue weighted by molar-refractivity contribution is 0.285. The zero-order chi connectivity index (χ0) is 12.7. The van der Waals surface area contributed by atoms with Gasteiger partial charge < -0.3 is 4.52 Å². The molecule has 2 heterocycles. The van der Waals surface area contributed by atoms with Crippen LogP contribution < -0.4 is 0 Å². The van der Waals surface area contributed by atoms with Crippen molar-refractivity contribution in [1.29, 1.82) is 0 Å². The molecule has 4 aromatic rings. The van der Waals surface area contributed by atoms with E-state index in [-0.39, 0.29) is 0 Å². The Morgan fingerprint density at radius 3 is 2.74 bits per heavy atom. The second-order valence-corrected chi connectivity index (χ2v) is 4.58. The highest BCUT2D eigenvalue weighted by atomic mass is 16.5. The second kappa shape index (κ2) is 3.99. The van der Waals surface area contributed by atoms with Crippen molar-refractivity contribution in [2.75, 3.05) is 0 Å². The molecule has 2 aromatic heterocycles. The lowest BCUT2D eigenvalue weighted by Crippen LogP contribution is -2.06. The summed E-state index contributed by atoms with van der Waals surface area (Å²) in [6, 6.07) is 18.3. The Morgan fingerprint density at radius 1 is 0.947 bits per heavy atom. The van der Waals surface area contributed by atoms with E-state index in [4.69, 9.17) is 4.52 Å². The van der Waals surface area contributed by atoms with Crippen LogP contribution in [0.1, 0.15) is 5.56 Å². The number of hydrogen-bond donors (Lipinski definition) is 0. The summed E-state index contributed by atoms with van der Waals surface area (Å²) in [5, 5.41) is 1.18. The zero-order valence-electron chi connectivity index (χ0n) is 10.3. The largest absolute Gasteiger partial charge is 0.377 e. The normalized spacial score (nSPS) is 11.4. The van der Waals surface area contributed by atoms with Gasteiger partial charge in [-0.15, -0.1) is 0 Å². The van der Waals surface area contributed by atoms with Crippen molar-refractivity contribution in [3.63, 3.8) is 0 Å². The number of para-hydroxylation sites is 3. The fourth-order valence-corrected chi connectivity index (χ4v) is 2.43. The lowest BCUT2D eigenvalue weighted by Gasteiger charge is -2.14. The average molecular weight is 248 g/mol. The van der Waals surface area contributed by atoms with Crippen LogP contribution in [0.3, 0.4) is 0 Å². The van der Waals surface area contributed by atoms with Crippen LogP contribution in [-0.4, -0.2) is 9.72 Å². The highest BCUT2D eigenvalue weighted by Crippen LogP contribution is 2.22. The smallest absolute Gasteiger partial charge is 0.181 e. The molecule has 4 rings (SSSR count). The Morgan fingerprint density at radius 2 is 1.79 bits per heavy atom. The van der Waals surface area contributed by atoms with Crippen molar-refractivity contribution in [3.8, 4) is 0 Å². The van der Waals surface area contributed by atoms with Crippen LogP contribution in [0.15, 0.2) is 65.3 Å². The van der Waals surface area contributed by atoms with Gasteiger partial charge in [0.2, 0.25) is 0 Å². The second-order valence-electron chi connectivity index (χ2n) is 4.58. The Balaban J connectivity index is 1.80. The van der Waals surface area contributed by atoms with Gasteiger partial charge in [-0.3, -0.25) is 4.98 Å². The van der Waals surface area contributed by atoms with E-state index >= 15 is 0 Å². The summed E-state index contributed by atoms with van der Waals surface area (Å²) < 4.78 is 7.56. The van der Waals surface area contributed by atoms with Crippen molar-refractivity contribution >= 4 is 22.0 Å². The molecule has 0 N–H and O–H groups in total. The summed E-state index contributed by atoms with van der Waals surface area (Å²) in [6.07, 6.45) is 1.85. The van der Waals surface area contributed by atoms with E-state index in [2.05, 4.69) is 17.1 Å². The van der Waals surface area contributed by atoms with Gasteiger partial charge in [0.1, 0.15) is 5.52 Å². The van der Waals surface area contributed by atoms with Gasteiger partial charge in [0.25, 0.3) is 0 Å². The van der Waals surface area contributed by atoms with Crippen LogP contribution in [0.5, 0.6) is 0 Å². The highest BCUT2D eigenvalue weighted by molar-refractivity contribution is 5.82. The molecule has 0 atom stereocenters. The minimum absolute atomic E-state index is 0.736. The van der Waals surface area contributed by atoms with Crippen LogP contribution >= 0.6 is 0 Å². The van der Waals surface area contributed by atoms with Crippen LogP contribution in [-0.2, 0) is 6.54 Å². The van der Waals surface area contributed by atoms with Crippen molar-refractivity contribution in [2.24, 2.45) is 0 Å². The number of rotatable bonds is 2. The Kier molecular flexibility index (Phi) is 2.18. The highest BCUT2D eigenvalue weighted by Gasteiger charge is 2.09. The monoisotopic (exact) mass is 248 g/mol. The number of benzene rings is 2. The van der Waals surface area contributed by atoms with Gasteiger partial charge in [0.05, 0.1) is 12.1 Å². The average Bonchev–Trinajstić information content (AvgIpc) is 2.45. The molecular formula is C16H12N2O. The van der Waals surface area contributed by atoms with Crippen molar-refractivity contribution in [2.45, 2.75) is 6.54 Å². The van der Waals surface area contributed by atoms with Gasteiger partial charge in [0.15, 0.2) is 5.58 Å². The Hall–Kier alpha value is -2.55. The van der Waals surface area contributed by atoms with Crippen molar-refractivity contribution < 1.29 is 4.52 Å². The molecule has 3 heteroatoms. The van der Waals surface area contributed by atoms with E-state index in [1.807, 2.05) is 53.4 Å². The fraction of sp³-hybridized carbons (Fsp3) is 0.0625. The van der Waals surface area contributed by atoms with Crippen molar-refractivity contribution in [1.82, 2.24) is 9.72 Å². The molecule has 0 unspecified atom stereocenters. The fourth-order valence-electron chi connectivity index (χ4n) is 2.43. The quantitative estimate of drug-likeness (QED) is 0.539. The molecule has 2 aromatic carbocycles. The van der Waals surface area contributed by atoms with Crippen LogP contribution in [0.2, 0.25) is 0 Å². The number of hydrogen-bond acceptors (Lipinski definition) is 2. The molecule has 0 spiro atoms. The molecule has 0 saturated carbocycles. The van der Waals surface area contributed by atoms with E-state index in [1.165, 1.54) is 10.9 Å². The molecule has 0 amide bonds. The maximum absolute atomic E-state index is 5.65. The van der Waals surface area contributed by atoms with Gasteiger partial charge >= 0.3 is 0 Å². The third-order valence-electron chi connectivity index (χ3n) is 3.40. The van der Waals surface area contributed by atoms with E-state index in [9.17, 15) is 0 Å². The summed E-state index contributed by atoms with van der Waals surface area (Å²) in [5.41, 5.74) is 4.33. The lowest BCUT2D eigenvalue weighted by atomic mass is 10.1. The van der Waals surface area contributed by atoms with Gasteiger partial charge in [0, 0.05) is 11.6 Å². The molecule has 3 nitrogen and oxygen atoms in total. The Labute approximate surface area is 110 Å². The van der Waals surface area contributed by atoms with E-state index in [0.717, 1.165) is 23.2 Å². The predicted octanol–water partition coefficient (Wildman–Crippen LogP) is 3.83. The molecule has 92 valence electrons. The first-order chi connectivity index (χ1) is 9.42. The van der Waals surface area contributed by atoms with E-state index < -0.39 is 0 Å². The molecule has 0 saturated heterocycles. The predicted molar refractivity (Wildman–Crippen MR) is 75.0 cm³/mol. The number of nitrogens with zero attached hydrogens (tertiary/aromatic N) is 2. The van der Waals surface area contributed by atoms with Crippen molar-refractivity contribution in [3.05, 3.63) is 66.4 Å². The zero-order valence-corrected chi connectivity index (χ0v) is 10.3. The maximum Gasteiger partial charge on any atom is 0.181 e. The standard InChI is InChI=1S/C16H12N2O/c1-2-6-14-13(5-1)12(9-10-17-14)11-18-15-7-3-4-8-16(15)19-18/h1-10H,11H2. The van der Waals surface area contributed by atoms with Gasteiger partial charge in [-0.05, 0) is 29.8 Å². The van der Waals surface area contributed by atoms with Crippen LogP contribution in [0.4, 0.5) is 0 Å². The topological polar surface area (TPSA) is 31.0 Å². The number of aromatic nitrogens is 2. The molecule has 0 aliphatic heterocycles. The first-order valence-corrected chi connectivity index (χ1v) is 6.29. The summed E-state index contributed by atoms with van der Waals surface area (Å²) >= 11 is 0. The molecule has 0 radical (unpaired) electrons. The Bertz CT molecular complexity index is 852. The summed E-state index contributed by atoms with van der Waals surface area (Å²) in [5.74, 6) is 0. The van der Waals surface area contributed by atoms with E-state index in [0.29, 0.717) is 0 Å². The molecular weight excluding hydrogens is 236 g/mol. The first-order valence-electron chi connectivity index (χ1n) is 6.29. The summed E-state index contributed by atoms with van der Waals surface area (Å²) in [6.45, 7) is 0.736. The van der Waals surface area contributed by atoms with Gasteiger partial charge in [-0.25, -0.2) is 4.74 Å². The third-order valence-corrected chi connectivity index (χ3v) is 3.40. The molecule has 0 fully saturated rings. The molecule has 0 bridgehead atoms. The summed E-state index contributed by atoms with van der Waals surface area (Å²) in [4.78, 5) is 4.38. The molecule has 19 heavy (non-hydrogen) atoms. The minimum atomic E-state index is 0.736. The SMILES string of the molecule is c1ccc2c(Cn3oc4ccccc43)ccnc2c1. The molecule has 0 aliphatic rings. The van der Waals surface area contributed by atoms with Gasteiger partial charge in [-0.2, -0.15) is 0 Å². The van der Waals surface area contributed by atoms with Crippen LogP contribution in [0.25, 0.3) is 22.0 Å². The maximum atomic E-state index is 5.65. The van der Waals surface area contributed by atoms with Crippen LogP contribution in [0, 0.1) is 0 Å². The molecule has 0 aliphatic carbocycles. The first kappa shape index (κ1) is 10.4. The van der Waals surface area contributed by atoms with E-state index in [1.54, 1.807) is 0 Å². The third kappa shape index (κ3) is 1.63. The minimum Gasteiger partial charge on any atom is -0.377 e. The van der Waals surface area contributed by atoms with Gasteiger partial charge in [-0.1, -0.05) is 30.3 Å².